The summed E-state index contributed by atoms with van der Waals surface area (Å²) in [6.07, 6.45) is -8.60. The average molecular weight is 567 g/mol. The molecule has 1 fully saturated rings. The number of aromatic nitrogens is 1. The van der Waals surface area contributed by atoms with Crippen LogP contribution in [0.3, 0.4) is 0 Å². The summed E-state index contributed by atoms with van der Waals surface area (Å²) in [5.74, 6) is -0.733. The molecule has 1 N–H and O–H groups in total. The van der Waals surface area contributed by atoms with E-state index in [2.05, 4.69) is 15.5 Å². The minimum Gasteiger partial charge on any atom is -0.372 e. The number of amides is 1. The minimum atomic E-state index is -4.85. The van der Waals surface area contributed by atoms with Gasteiger partial charge < -0.3 is 15.1 Å². The molecule has 0 bridgehead atoms. The Balaban J connectivity index is 1.30. The van der Waals surface area contributed by atoms with E-state index in [1.165, 1.54) is 18.3 Å². The molecule has 1 saturated carbocycles. The van der Waals surface area contributed by atoms with Crippen molar-refractivity contribution in [1.29, 1.82) is 0 Å². The molecule has 14 heteroatoms. The maximum Gasteiger partial charge on any atom is 0.435 e. The molecule has 1 atom stereocenters. The standard InChI is InChI=1S/C23H18Cl2F6N4O2/c24-15-4-14(5-16(25)6-15)21(23(29,30)31)7-18(34-37-21)35-9-12-3-17(32-8-13(12)10-35)19(36)33-11-20(1-2-20)22(26,27)28/h3-6,8H,1-2,7,9-11H2,(H,33,36). The van der Waals surface area contributed by atoms with E-state index in [1.807, 2.05) is 0 Å². The van der Waals surface area contributed by atoms with E-state index < -0.39 is 42.2 Å². The van der Waals surface area contributed by atoms with Crippen molar-refractivity contribution >= 4 is 34.9 Å². The Hall–Kier alpha value is -2.73. The lowest BCUT2D eigenvalue weighted by Crippen LogP contribution is -2.43. The van der Waals surface area contributed by atoms with Crippen LogP contribution in [0.25, 0.3) is 0 Å². The molecule has 3 heterocycles. The monoisotopic (exact) mass is 566 g/mol. The highest BCUT2D eigenvalue weighted by Crippen LogP contribution is 2.57. The van der Waals surface area contributed by atoms with Crippen molar-refractivity contribution in [1.82, 2.24) is 15.2 Å². The van der Waals surface area contributed by atoms with E-state index in [0.717, 1.165) is 12.1 Å². The molecule has 0 radical (unpaired) electrons. The lowest BCUT2D eigenvalue weighted by molar-refractivity contribution is -0.275. The molecule has 1 aromatic heterocycles. The van der Waals surface area contributed by atoms with Crippen molar-refractivity contribution in [3.63, 3.8) is 0 Å². The van der Waals surface area contributed by atoms with Gasteiger partial charge in [-0.3, -0.25) is 9.78 Å². The molecule has 2 aromatic rings. The molecule has 1 aromatic carbocycles. The zero-order valence-electron chi connectivity index (χ0n) is 18.8. The fraction of sp³-hybridized carbons (Fsp3) is 0.435. The first-order valence-electron chi connectivity index (χ1n) is 11.1. The molecular formula is C23H18Cl2F6N4O2. The fourth-order valence-corrected chi connectivity index (χ4v) is 5.01. The summed E-state index contributed by atoms with van der Waals surface area (Å²) >= 11 is 11.9. The van der Waals surface area contributed by atoms with E-state index in [-0.39, 0.29) is 53.1 Å². The quantitative estimate of drug-likeness (QED) is 0.463. The number of carbonyl (C=O) groups is 1. The predicted octanol–water partition coefficient (Wildman–Crippen LogP) is 5.97. The third kappa shape index (κ3) is 4.58. The first-order valence-corrected chi connectivity index (χ1v) is 11.8. The van der Waals surface area contributed by atoms with Gasteiger partial charge in [0, 0.05) is 41.4 Å². The first-order chi connectivity index (χ1) is 17.2. The van der Waals surface area contributed by atoms with Crippen LogP contribution in [0.2, 0.25) is 10.0 Å². The number of hydrogen-bond donors (Lipinski definition) is 1. The van der Waals surface area contributed by atoms with Gasteiger partial charge in [-0.15, -0.1) is 0 Å². The van der Waals surface area contributed by atoms with Crippen LogP contribution in [-0.2, 0) is 23.5 Å². The molecular weight excluding hydrogens is 549 g/mol. The highest BCUT2D eigenvalue weighted by Gasteiger charge is 2.64. The van der Waals surface area contributed by atoms with E-state index in [0.29, 0.717) is 11.1 Å². The van der Waals surface area contributed by atoms with Crippen molar-refractivity contribution in [2.75, 3.05) is 6.54 Å². The SMILES string of the molecule is O=C(NCC1(C(F)(F)F)CC1)c1cc2c(cn1)CN(C1=NOC(c3cc(Cl)cc(Cl)c3)(C(F)(F)F)C1)C2. The Morgan fingerprint density at radius 1 is 1.00 bits per heavy atom. The highest BCUT2D eigenvalue weighted by atomic mass is 35.5. The van der Waals surface area contributed by atoms with E-state index >= 15 is 0 Å². The van der Waals surface area contributed by atoms with Crippen LogP contribution in [0.1, 0.15) is 46.4 Å². The number of halogens is 8. The average Bonchev–Trinajstić information content (AvgIpc) is 3.27. The van der Waals surface area contributed by atoms with Gasteiger partial charge in [0.25, 0.3) is 11.5 Å². The van der Waals surface area contributed by atoms with Crippen molar-refractivity contribution in [3.05, 3.63) is 62.9 Å². The molecule has 1 unspecified atom stereocenters. The number of pyridine rings is 1. The molecule has 37 heavy (non-hydrogen) atoms. The predicted molar refractivity (Wildman–Crippen MR) is 121 cm³/mol. The number of rotatable bonds is 4. The molecule has 0 spiro atoms. The Kier molecular flexibility index (Phi) is 6.06. The van der Waals surface area contributed by atoms with Crippen LogP contribution in [0.15, 0.2) is 35.6 Å². The number of alkyl halides is 6. The van der Waals surface area contributed by atoms with Crippen LogP contribution in [0.4, 0.5) is 26.3 Å². The van der Waals surface area contributed by atoms with E-state index in [1.54, 1.807) is 4.90 Å². The van der Waals surface area contributed by atoms with Crippen LogP contribution >= 0.6 is 23.2 Å². The molecule has 5 rings (SSSR count). The number of oxime groups is 1. The summed E-state index contributed by atoms with van der Waals surface area (Å²) in [5, 5.41) is 6.05. The molecule has 3 aliphatic rings. The lowest BCUT2D eigenvalue weighted by atomic mass is 9.89. The molecule has 1 aliphatic carbocycles. The molecule has 0 saturated heterocycles. The summed E-state index contributed by atoms with van der Waals surface area (Å²) < 4.78 is 82.1. The Morgan fingerprint density at radius 2 is 1.65 bits per heavy atom. The van der Waals surface area contributed by atoms with Gasteiger partial charge in [-0.1, -0.05) is 28.4 Å². The Morgan fingerprint density at radius 3 is 2.24 bits per heavy atom. The maximum atomic E-state index is 14.2. The fourth-order valence-electron chi connectivity index (χ4n) is 4.48. The summed E-state index contributed by atoms with van der Waals surface area (Å²) in [5.41, 5.74) is -3.82. The van der Waals surface area contributed by atoms with Crippen molar-refractivity contribution in [2.45, 2.75) is 50.3 Å². The molecule has 198 valence electrons. The topological polar surface area (TPSA) is 66.8 Å². The van der Waals surface area contributed by atoms with Gasteiger partial charge >= 0.3 is 12.4 Å². The Labute approximate surface area is 216 Å². The number of nitrogens with zero attached hydrogens (tertiary/aromatic N) is 3. The van der Waals surface area contributed by atoms with E-state index in [4.69, 9.17) is 28.0 Å². The third-order valence-corrected chi connectivity index (χ3v) is 7.38. The maximum absolute atomic E-state index is 14.2. The number of amidine groups is 1. The van der Waals surface area contributed by atoms with Crippen molar-refractivity contribution in [3.8, 4) is 0 Å². The zero-order valence-corrected chi connectivity index (χ0v) is 20.3. The molecule has 6 nitrogen and oxygen atoms in total. The van der Waals surface area contributed by atoms with Gasteiger partial charge in [0.05, 0.1) is 11.8 Å². The second-order valence-corrected chi connectivity index (χ2v) is 10.3. The molecule has 2 aliphatic heterocycles. The summed E-state index contributed by atoms with van der Waals surface area (Å²) in [4.78, 5) is 23.0. The summed E-state index contributed by atoms with van der Waals surface area (Å²) in [6.45, 7) is -0.272. The van der Waals surface area contributed by atoms with Gasteiger partial charge in [0.15, 0.2) is 0 Å². The highest BCUT2D eigenvalue weighted by molar-refractivity contribution is 6.34. The summed E-state index contributed by atoms with van der Waals surface area (Å²) in [7, 11) is 0. The second-order valence-electron chi connectivity index (χ2n) is 9.41. The Bertz CT molecular complexity index is 1270. The largest absolute Gasteiger partial charge is 0.435 e. The number of nitrogens with one attached hydrogen (secondary N) is 1. The normalized spacial score (nSPS) is 22.4. The van der Waals surface area contributed by atoms with Gasteiger partial charge in [-0.05, 0) is 48.2 Å². The van der Waals surface area contributed by atoms with Crippen LogP contribution in [0.5, 0.6) is 0 Å². The summed E-state index contributed by atoms with van der Waals surface area (Å²) in [6, 6.07) is 4.97. The van der Waals surface area contributed by atoms with Gasteiger partial charge in [-0.25, -0.2) is 0 Å². The van der Waals surface area contributed by atoms with Crippen LogP contribution < -0.4 is 5.32 Å². The first kappa shape index (κ1) is 25.9. The number of carbonyl (C=O) groups excluding carboxylic acids is 1. The van der Waals surface area contributed by atoms with Crippen molar-refractivity contribution < 1.29 is 36.0 Å². The number of hydrogen-bond acceptors (Lipinski definition) is 5. The minimum absolute atomic E-state index is 0.0106. The van der Waals surface area contributed by atoms with Crippen LogP contribution in [0, 0.1) is 5.41 Å². The number of benzene rings is 1. The lowest BCUT2D eigenvalue weighted by Gasteiger charge is -2.30. The van der Waals surface area contributed by atoms with Crippen molar-refractivity contribution in [2.24, 2.45) is 10.6 Å². The third-order valence-electron chi connectivity index (χ3n) is 6.95. The smallest absolute Gasteiger partial charge is 0.372 e. The molecule has 1 amide bonds. The van der Waals surface area contributed by atoms with Gasteiger partial charge in [0.2, 0.25) is 0 Å². The van der Waals surface area contributed by atoms with Gasteiger partial charge in [-0.2, -0.15) is 26.3 Å². The zero-order chi connectivity index (χ0) is 26.8. The van der Waals surface area contributed by atoms with Gasteiger partial charge in [0.1, 0.15) is 11.5 Å². The van der Waals surface area contributed by atoms with Crippen LogP contribution in [-0.4, -0.2) is 40.5 Å². The second kappa shape index (κ2) is 8.65. The number of fused-ring (bicyclic) bond motifs is 1. The van der Waals surface area contributed by atoms with E-state index in [9.17, 15) is 31.1 Å².